The van der Waals surface area contributed by atoms with Crippen molar-refractivity contribution < 1.29 is 12.9 Å². The number of hydrogen-bond donors (Lipinski definition) is 2. The Bertz CT molecular complexity index is 1030. The summed E-state index contributed by atoms with van der Waals surface area (Å²) in [6, 6.07) is 9.00. The van der Waals surface area contributed by atoms with Crippen LogP contribution in [0.2, 0.25) is 0 Å². The first-order chi connectivity index (χ1) is 12.8. The van der Waals surface area contributed by atoms with Gasteiger partial charge in [-0.25, -0.2) is 18.1 Å². The normalized spacial score (nSPS) is 13.4. The molecule has 1 atom stereocenters. The number of aryl methyl sites for hydroxylation is 1. The van der Waals surface area contributed by atoms with Gasteiger partial charge in [-0.3, -0.25) is 0 Å². The SMILES string of the molecule is CCc1noc2ncc(S(=O)(=O)NC[C@H](N)c3ccc(C(C)C)cc3)cc12. The van der Waals surface area contributed by atoms with Gasteiger partial charge in [0, 0.05) is 12.6 Å². The number of rotatable bonds is 7. The van der Waals surface area contributed by atoms with E-state index in [9.17, 15) is 8.42 Å². The molecule has 2 heterocycles. The Morgan fingerprint density at radius 2 is 1.85 bits per heavy atom. The van der Waals surface area contributed by atoms with Gasteiger partial charge in [-0.15, -0.1) is 0 Å². The highest BCUT2D eigenvalue weighted by atomic mass is 32.2. The first-order valence-electron chi connectivity index (χ1n) is 8.91. The minimum absolute atomic E-state index is 0.0651. The van der Waals surface area contributed by atoms with Gasteiger partial charge in [0.1, 0.15) is 4.90 Å². The van der Waals surface area contributed by atoms with Gasteiger partial charge >= 0.3 is 0 Å². The van der Waals surface area contributed by atoms with Crippen LogP contribution in [0.25, 0.3) is 11.1 Å². The van der Waals surface area contributed by atoms with Crippen molar-refractivity contribution >= 4 is 21.1 Å². The van der Waals surface area contributed by atoms with Crippen molar-refractivity contribution in [3.05, 3.63) is 53.3 Å². The zero-order valence-electron chi connectivity index (χ0n) is 15.6. The fourth-order valence-electron chi connectivity index (χ4n) is 2.79. The second kappa shape index (κ2) is 7.75. The van der Waals surface area contributed by atoms with Crippen LogP contribution in [0.5, 0.6) is 0 Å². The third-order valence-corrected chi connectivity index (χ3v) is 5.94. The number of hydrogen-bond acceptors (Lipinski definition) is 6. The monoisotopic (exact) mass is 388 g/mol. The van der Waals surface area contributed by atoms with Gasteiger partial charge in [0.05, 0.1) is 17.3 Å². The minimum atomic E-state index is -3.74. The Kier molecular flexibility index (Phi) is 5.59. The van der Waals surface area contributed by atoms with Gasteiger partial charge < -0.3 is 10.3 Å². The van der Waals surface area contributed by atoms with E-state index in [1.165, 1.54) is 17.8 Å². The average molecular weight is 388 g/mol. The van der Waals surface area contributed by atoms with Gasteiger partial charge in [-0.1, -0.05) is 50.2 Å². The van der Waals surface area contributed by atoms with E-state index in [2.05, 4.69) is 28.7 Å². The first-order valence-corrected chi connectivity index (χ1v) is 10.4. The highest BCUT2D eigenvalue weighted by Gasteiger charge is 2.19. The van der Waals surface area contributed by atoms with Crippen molar-refractivity contribution in [1.29, 1.82) is 0 Å². The van der Waals surface area contributed by atoms with E-state index in [4.69, 9.17) is 10.3 Å². The van der Waals surface area contributed by atoms with E-state index in [-0.39, 0.29) is 11.4 Å². The molecule has 3 N–H and O–H groups in total. The van der Waals surface area contributed by atoms with Crippen molar-refractivity contribution in [3.63, 3.8) is 0 Å². The van der Waals surface area contributed by atoms with Crippen molar-refractivity contribution in [3.8, 4) is 0 Å². The molecule has 1 aromatic carbocycles. The molecular formula is C19H24N4O3S. The largest absolute Gasteiger partial charge is 0.336 e. The van der Waals surface area contributed by atoms with Crippen LogP contribution in [0.4, 0.5) is 0 Å². The molecule has 0 amide bonds. The number of benzene rings is 1. The standard InChI is InChI=1S/C19H24N4O3S/c1-4-18-16-9-15(10-21-19(16)26-23-18)27(24,25)22-11-17(20)14-7-5-13(6-8-14)12(2)3/h5-10,12,17,22H,4,11,20H2,1-3H3/t17-/m0/s1. The number of nitrogens with two attached hydrogens (primary N) is 1. The summed E-state index contributed by atoms with van der Waals surface area (Å²) in [4.78, 5) is 4.11. The minimum Gasteiger partial charge on any atom is -0.336 e. The van der Waals surface area contributed by atoms with Gasteiger partial charge in [-0.05, 0) is 29.5 Å². The average Bonchev–Trinajstić information content (AvgIpc) is 3.08. The Balaban J connectivity index is 1.74. The topological polar surface area (TPSA) is 111 Å². The maximum absolute atomic E-state index is 12.6. The molecule has 0 fully saturated rings. The molecule has 8 heteroatoms. The zero-order chi connectivity index (χ0) is 19.6. The molecule has 27 heavy (non-hydrogen) atoms. The summed E-state index contributed by atoms with van der Waals surface area (Å²) in [6.45, 7) is 6.24. The van der Waals surface area contributed by atoms with Crippen LogP contribution in [0.15, 0.2) is 45.9 Å². The van der Waals surface area contributed by atoms with Crippen LogP contribution < -0.4 is 10.5 Å². The van der Waals surface area contributed by atoms with Crippen LogP contribution in [0.1, 0.15) is 49.6 Å². The molecule has 0 bridgehead atoms. The molecule has 0 unspecified atom stereocenters. The number of nitrogens with one attached hydrogen (secondary N) is 1. The fourth-order valence-corrected chi connectivity index (χ4v) is 3.82. The van der Waals surface area contributed by atoms with Crippen LogP contribution in [-0.4, -0.2) is 25.1 Å². The highest BCUT2D eigenvalue weighted by Crippen LogP contribution is 2.21. The van der Waals surface area contributed by atoms with Crippen molar-refractivity contribution in [2.24, 2.45) is 5.73 Å². The van der Waals surface area contributed by atoms with Crippen molar-refractivity contribution in [2.75, 3.05) is 6.54 Å². The summed E-state index contributed by atoms with van der Waals surface area (Å²) in [7, 11) is -3.74. The van der Waals surface area contributed by atoms with E-state index in [1.807, 2.05) is 31.2 Å². The lowest BCUT2D eigenvalue weighted by Gasteiger charge is -2.15. The molecule has 0 aliphatic heterocycles. The Morgan fingerprint density at radius 3 is 2.48 bits per heavy atom. The van der Waals surface area contributed by atoms with E-state index < -0.39 is 16.1 Å². The molecule has 0 aliphatic rings. The Labute approximate surface area is 159 Å². The quantitative estimate of drug-likeness (QED) is 0.644. The molecule has 0 radical (unpaired) electrons. The maximum atomic E-state index is 12.6. The highest BCUT2D eigenvalue weighted by molar-refractivity contribution is 7.89. The molecule has 0 saturated heterocycles. The zero-order valence-corrected chi connectivity index (χ0v) is 16.5. The van der Waals surface area contributed by atoms with E-state index in [0.717, 1.165) is 5.56 Å². The number of sulfonamides is 1. The molecule has 7 nitrogen and oxygen atoms in total. The van der Waals surface area contributed by atoms with E-state index >= 15 is 0 Å². The summed E-state index contributed by atoms with van der Waals surface area (Å²) in [6.07, 6.45) is 1.89. The molecule has 0 aliphatic carbocycles. The molecule has 144 valence electrons. The summed E-state index contributed by atoms with van der Waals surface area (Å²) in [5.74, 6) is 0.432. The second-order valence-corrected chi connectivity index (χ2v) is 8.55. The van der Waals surface area contributed by atoms with Gasteiger partial charge in [0.2, 0.25) is 10.0 Å². The van der Waals surface area contributed by atoms with Crippen molar-refractivity contribution in [1.82, 2.24) is 14.9 Å². The molecule has 2 aromatic heterocycles. The lowest BCUT2D eigenvalue weighted by Crippen LogP contribution is -2.32. The second-order valence-electron chi connectivity index (χ2n) is 6.79. The van der Waals surface area contributed by atoms with Crippen LogP contribution >= 0.6 is 0 Å². The lowest BCUT2D eigenvalue weighted by atomic mass is 9.99. The predicted octanol–water partition coefficient (Wildman–Crippen LogP) is 2.89. The molecule has 0 spiro atoms. The van der Waals surface area contributed by atoms with Gasteiger partial charge in [-0.2, -0.15) is 0 Å². The number of fused-ring (bicyclic) bond motifs is 1. The predicted molar refractivity (Wildman–Crippen MR) is 104 cm³/mol. The van der Waals surface area contributed by atoms with Gasteiger partial charge in [0.15, 0.2) is 0 Å². The molecular weight excluding hydrogens is 364 g/mol. The first kappa shape index (κ1) is 19.5. The number of aromatic nitrogens is 2. The van der Waals surface area contributed by atoms with E-state index in [0.29, 0.717) is 29.1 Å². The van der Waals surface area contributed by atoms with E-state index in [1.54, 1.807) is 0 Å². The third-order valence-electron chi connectivity index (χ3n) is 4.55. The third kappa shape index (κ3) is 4.18. The fraction of sp³-hybridized carbons (Fsp3) is 0.368. The molecule has 3 aromatic rings. The number of pyridine rings is 1. The van der Waals surface area contributed by atoms with Gasteiger partial charge in [0.25, 0.3) is 5.71 Å². The molecule has 0 saturated carbocycles. The van der Waals surface area contributed by atoms with Crippen LogP contribution in [0.3, 0.4) is 0 Å². The summed E-state index contributed by atoms with van der Waals surface area (Å²) in [5.41, 5.74) is 9.25. The summed E-state index contributed by atoms with van der Waals surface area (Å²) >= 11 is 0. The number of nitrogens with zero attached hydrogens (tertiary/aromatic N) is 2. The summed E-state index contributed by atoms with van der Waals surface area (Å²) < 4.78 is 32.9. The maximum Gasteiger partial charge on any atom is 0.258 e. The molecule has 3 rings (SSSR count). The summed E-state index contributed by atoms with van der Waals surface area (Å²) in [5, 5.41) is 4.50. The Morgan fingerprint density at radius 1 is 1.19 bits per heavy atom. The van der Waals surface area contributed by atoms with Crippen molar-refractivity contribution in [2.45, 2.75) is 44.0 Å². The Hall–Kier alpha value is -2.29. The van der Waals surface area contributed by atoms with Crippen LogP contribution in [-0.2, 0) is 16.4 Å². The van der Waals surface area contributed by atoms with Crippen LogP contribution in [0, 0.1) is 0 Å². The lowest BCUT2D eigenvalue weighted by molar-refractivity contribution is 0.439. The smallest absolute Gasteiger partial charge is 0.258 e.